The van der Waals surface area contributed by atoms with Gasteiger partial charge in [-0.15, -0.1) is 0 Å². The first-order valence-corrected chi connectivity index (χ1v) is 8.03. The molecule has 4 nitrogen and oxygen atoms in total. The molecule has 1 aromatic heterocycles. The summed E-state index contributed by atoms with van der Waals surface area (Å²) in [6.45, 7) is 5.86. The molecule has 0 bridgehead atoms. The molecule has 0 amide bonds. The van der Waals surface area contributed by atoms with Gasteiger partial charge in [-0.05, 0) is 32.0 Å². The highest BCUT2D eigenvalue weighted by Crippen LogP contribution is 2.29. The van der Waals surface area contributed by atoms with Gasteiger partial charge >= 0.3 is 0 Å². The van der Waals surface area contributed by atoms with Crippen molar-refractivity contribution in [1.29, 1.82) is 0 Å². The summed E-state index contributed by atoms with van der Waals surface area (Å²) >= 11 is 7.57. The minimum absolute atomic E-state index is 0.416. The summed E-state index contributed by atoms with van der Waals surface area (Å²) in [5, 5.41) is 4.81. The lowest BCUT2D eigenvalue weighted by Crippen LogP contribution is -2.05. The van der Waals surface area contributed by atoms with Crippen LogP contribution in [0.3, 0.4) is 0 Å². The normalized spacial score (nSPS) is 10.6. The first kappa shape index (κ1) is 16.1. The molecule has 0 spiro atoms. The first-order valence-electron chi connectivity index (χ1n) is 6.84. The number of benzene rings is 1. The van der Waals surface area contributed by atoms with E-state index in [1.807, 2.05) is 44.2 Å². The second-order valence-electron chi connectivity index (χ2n) is 4.23. The summed E-state index contributed by atoms with van der Waals surface area (Å²) in [5.41, 5.74) is 0. The summed E-state index contributed by atoms with van der Waals surface area (Å²) < 4.78 is 5.39. The second kappa shape index (κ2) is 8.22. The molecule has 0 radical (unpaired) electrons. The van der Waals surface area contributed by atoms with Gasteiger partial charge in [-0.1, -0.05) is 29.4 Å². The van der Waals surface area contributed by atoms with Crippen molar-refractivity contribution in [1.82, 2.24) is 9.97 Å². The van der Waals surface area contributed by atoms with E-state index in [9.17, 15) is 0 Å². The molecule has 0 aliphatic heterocycles. The Morgan fingerprint density at radius 3 is 2.81 bits per heavy atom. The molecule has 0 aliphatic rings. The lowest BCUT2D eigenvalue weighted by Gasteiger charge is -2.09. The third-order valence-corrected chi connectivity index (χ3v) is 3.70. The molecule has 0 unspecified atom stereocenters. The SMILES string of the molecule is CCNc1cc(Sc2cccc(Cl)c2)nc(COCC)n1. The molecular formula is C15H18ClN3OS. The summed E-state index contributed by atoms with van der Waals surface area (Å²) in [4.78, 5) is 10.0. The fourth-order valence-corrected chi connectivity index (χ4v) is 2.86. The number of anilines is 1. The van der Waals surface area contributed by atoms with Gasteiger partial charge in [-0.3, -0.25) is 0 Å². The average molecular weight is 324 g/mol. The maximum Gasteiger partial charge on any atom is 0.157 e. The highest BCUT2D eigenvalue weighted by molar-refractivity contribution is 7.99. The van der Waals surface area contributed by atoms with Crippen LogP contribution in [0.15, 0.2) is 40.3 Å². The molecule has 0 aliphatic carbocycles. The summed E-state index contributed by atoms with van der Waals surface area (Å²) in [6.07, 6.45) is 0. The van der Waals surface area contributed by atoms with Crippen LogP contribution in [0.4, 0.5) is 5.82 Å². The largest absolute Gasteiger partial charge is 0.374 e. The third kappa shape index (κ3) is 5.19. The number of hydrogen-bond donors (Lipinski definition) is 1. The number of ether oxygens (including phenoxy) is 1. The standard InChI is InChI=1S/C15H18ClN3OS/c1-3-17-13-9-15(19-14(18-13)10-20-4-2)21-12-7-5-6-11(16)8-12/h5-9H,3-4,10H2,1-2H3,(H,17,18,19). The number of rotatable bonds is 7. The monoisotopic (exact) mass is 323 g/mol. The van der Waals surface area contributed by atoms with Gasteiger partial charge in [0.15, 0.2) is 5.82 Å². The quantitative estimate of drug-likeness (QED) is 0.772. The topological polar surface area (TPSA) is 47.0 Å². The van der Waals surface area contributed by atoms with Gasteiger partial charge < -0.3 is 10.1 Å². The molecule has 0 saturated carbocycles. The Morgan fingerprint density at radius 2 is 2.10 bits per heavy atom. The van der Waals surface area contributed by atoms with E-state index in [-0.39, 0.29) is 0 Å². The fraction of sp³-hybridized carbons (Fsp3) is 0.333. The molecule has 1 N–H and O–H groups in total. The zero-order valence-electron chi connectivity index (χ0n) is 12.1. The Morgan fingerprint density at radius 1 is 1.24 bits per heavy atom. The summed E-state index contributed by atoms with van der Waals surface area (Å²) in [6, 6.07) is 9.65. The van der Waals surface area contributed by atoms with Gasteiger partial charge in [-0.25, -0.2) is 9.97 Å². The van der Waals surface area contributed by atoms with Crippen LogP contribution in [0, 0.1) is 0 Å². The van der Waals surface area contributed by atoms with E-state index in [0.717, 1.165) is 27.3 Å². The van der Waals surface area contributed by atoms with Gasteiger partial charge in [0.25, 0.3) is 0 Å². The molecule has 6 heteroatoms. The molecule has 112 valence electrons. The molecule has 1 heterocycles. The number of aromatic nitrogens is 2. The van der Waals surface area contributed by atoms with Crippen molar-refractivity contribution in [2.24, 2.45) is 0 Å². The maximum atomic E-state index is 6.01. The highest BCUT2D eigenvalue weighted by atomic mass is 35.5. The minimum Gasteiger partial charge on any atom is -0.374 e. The number of nitrogens with zero attached hydrogens (tertiary/aromatic N) is 2. The van der Waals surface area contributed by atoms with E-state index < -0.39 is 0 Å². The van der Waals surface area contributed by atoms with Gasteiger partial charge in [0.05, 0.1) is 0 Å². The molecular weight excluding hydrogens is 306 g/mol. The van der Waals surface area contributed by atoms with Crippen molar-refractivity contribution < 1.29 is 4.74 Å². The van der Waals surface area contributed by atoms with Crippen LogP contribution in [0.2, 0.25) is 5.02 Å². The van der Waals surface area contributed by atoms with E-state index in [2.05, 4.69) is 15.3 Å². The van der Waals surface area contributed by atoms with E-state index in [1.165, 1.54) is 0 Å². The predicted molar refractivity (Wildman–Crippen MR) is 87.1 cm³/mol. The summed E-state index contributed by atoms with van der Waals surface area (Å²) in [5.74, 6) is 1.49. The van der Waals surface area contributed by atoms with E-state index in [1.54, 1.807) is 11.8 Å². The molecule has 0 atom stereocenters. The minimum atomic E-state index is 0.416. The van der Waals surface area contributed by atoms with Crippen LogP contribution in [0.5, 0.6) is 0 Å². The van der Waals surface area contributed by atoms with Crippen LogP contribution in [-0.2, 0) is 11.3 Å². The molecule has 0 saturated heterocycles. The zero-order valence-corrected chi connectivity index (χ0v) is 13.7. The van der Waals surface area contributed by atoms with Crippen molar-refractivity contribution in [3.63, 3.8) is 0 Å². The molecule has 0 fully saturated rings. The average Bonchev–Trinajstić information content (AvgIpc) is 2.45. The van der Waals surface area contributed by atoms with Crippen LogP contribution in [-0.4, -0.2) is 23.1 Å². The van der Waals surface area contributed by atoms with Crippen molar-refractivity contribution in [3.8, 4) is 0 Å². The Labute approximate surface area is 134 Å². The number of halogens is 1. The smallest absolute Gasteiger partial charge is 0.157 e. The molecule has 1 aromatic carbocycles. The first-order chi connectivity index (χ1) is 10.2. The Kier molecular flexibility index (Phi) is 6.29. The predicted octanol–water partition coefficient (Wildman–Crippen LogP) is 4.25. The van der Waals surface area contributed by atoms with Gasteiger partial charge in [0.2, 0.25) is 0 Å². The van der Waals surface area contributed by atoms with E-state index in [4.69, 9.17) is 16.3 Å². The van der Waals surface area contributed by atoms with Crippen molar-refractivity contribution in [2.75, 3.05) is 18.5 Å². The molecule has 2 aromatic rings. The van der Waals surface area contributed by atoms with Crippen molar-refractivity contribution >= 4 is 29.2 Å². The Balaban J connectivity index is 2.22. The second-order valence-corrected chi connectivity index (χ2v) is 5.76. The van der Waals surface area contributed by atoms with Crippen LogP contribution >= 0.6 is 23.4 Å². The third-order valence-electron chi connectivity index (χ3n) is 2.56. The van der Waals surface area contributed by atoms with E-state index in [0.29, 0.717) is 19.0 Å². The lowest BCUT2D eigenvalue weighted by molar-refractivity contribution is 0.128. The zero-order chi connectivity index (χ0) is 15.1. The fourth-order valence-electron chi connectivity index (χ4n) is 1.71. The number of nitrogens with one attached hydrogen (secondary N) is 1. The number of hydrogen-bond acceptors (Lipinski definition) is 5. The van der Waals surface area contributed by atoms with Gasteiger partial charge in [0.1, 0.15) is 17.5 Å². The van der Waals surface area contributed by atoms with Crippen molar-refractivity contribution in [2.45, 2.75) is 30.4 Å². The van der Waals surface area contributed by atoms with Gasteiger partial charge in [0, 0.05) is 29.1 Å². The maximum absolute atomic E-state index is 6.01. The van der Waals surface area contributed by atoms with Crippen LogP contribution < -0.4 is 5.32 Å². The van der Waals surface area contributed by atoms with Crippen LogP contribution in [0.1, 0.15) is 19.7 Å². The summed E-state index contributed by atoms with van der Waals surface area (Å²) in [7, 11) is 0. The van der Waals surface area contributed by atoms with E-state index >= 15 is 0 Å². The van der Waals surface area contributed by atoms with Crippen LogP contribution in [0.25, 0.3) is 0 Å². The van der Waals surface area contributed by atoms with Gasteiger partial charge in [-0.2, -0.15) is 0 Å². The Hall–Kier alpha value is -1.30. The lowest BCUT2D eigenvalue weighted by atomic mass is 10.4. The Bertz CT molecular complexity index is 595. The van der Waals surface area contributed by atoms with Crippen molar-refractivity contribution in [3.05, 3.63) is 41.2 Å². The highest BCUT2D eigenvalue weighted by Gasteiger charge is 2.07. The molecule has 21 heavy (non-hydrogen) atoms. The molecule has 2 rings (SSSR count).